The number of likely N-dealkylation sites (tertiary alicyclic amines) is 1. The Bertz CT molecular complexity index is 1490. The number of aromatic nitrogens is 1. The molecule has 1 N–H and O–H groups in total. The van der Waals surface area contributed by atoms with E-state index >= 15 is 0 Å². The van der Waals surface area contributed by atoms with E-state index in [1.165, 1.54) is 12.0 Å². The van der Waals surface area contributed by atoms with Gasteiger partial charge in [-0.05, 0) is 55.7 Å². The number of amides is 3. The number of carbonyl (C=O) groups is 3. The van der Waals surface area contributed by atoms with Gasteiger partial charge in [0.05, 0.1) is 38.1 Å². The number of benzene rings is 2. The van der Waals surface area contributed by atoms with Gasteiger partial charge in [0.1, 0.15) is 5.75 Å². The Morgan fingerprint density at radius 3 is 2.74 bits per heavy atom. The molecule has 3 amide bonds. The zero-order valence-corrected chi connectivity index (χ0v) is 25.1. The van der Waals surface area contributed by atoms with Gasteiger partial charge in [0.2, 0.25) is 11.7 Å². The zero-order chi connectivity index (χ0) is 30.5. The summed E-state index contributed by atoms with van der Waals surface area (Å²) >= 11 is 0. The number of hydrogen-bond acceptors (Lipinski definition) is 8. The highest BCUT2D eigenvalue weighted by Gasteiger charge is 2.36. The highest BCUT2D eigenvalue weighted by atomic mass is 16.5. The summed E-state index contributed by atoms with van der Waals surface area (Å²) in [5.74, 6) is 1.32. The van der Waals surface area contributed by atoms with Crippen molar-refractivity contribution in [2.24, 2.45) is 0 Å². The molecule has 11 heteroatoms. The third-order valence-electron chi connectivity index (χ3n) is 7.65. The van der Waals surface area contributed by atoms with Crippen LogP contribution >= 0.6 is 0 Å². The number of methoxy groups -OCH3 is 1. The number of hydrogen-bond donors (Lipinski definition) is 1. The molecule has 0 saturated carbocycles. The molecule has 2 aromatic carbocycles. The van der Waals surface area contributed by atoms with E-state index < -0.39 is 6.10 Å². The number of ether oxygens (including phenoxy) is 3. The quantitative estimate of drug-likeness (QED) is 0.471. The Morgan fingerprint density at radius 2 is 2.00 bits per heavy atom. The van der Waals surface area contributed by atoms with Crippen LogP contribution in [0.1, 0.15) is 64.7 Å². The predicted octanol–water partition coefficient (Wildman–Crippen LogP) is 4.13. The summed E-state index contributed by atoms with van der Waals surface area (Å²) in [5.41, 5.74) is 1.79. The summed E-state index contributed by atoms with van der Waals surface area (Å²) in [6.07, 6.45) is 1.24. The van der Waals surface area contributed by atoms with Crippen molar-refractivity contribution in [1.29, 1.82) is 0 Å². The second kappa shape index (κ2) is 13.3. The molecule has 0 unspecified atom stereocenters. The largest absolute Gasteiger partial charge is 0.493 e. The van der Waals surface area contributed by atoms with Crippen LogP contribution in [0.4, 0.5) is 0 Å². The van der Waals surface area contributed by atoms with Crippen LogP contribution in [0.3, 0.4) is 0 Å². The van der Waals surface area contributed by atoms with Crippen LogP contribution in [0.25, 0.3) is 0 Å². The molecule has 3 heterocycles. The van der Waals surface area contributed by atoms with Crippen LogP contribution in [0.2, 0.25) is 0 Å². The molecule has 11 nitrogen and oxygen atoms in total. The van der Waals surface area contributed by atoms with Crippen molar-refractivity contribution in [2.45, 2.75) is 58.8 Å². The van der Waals surface area contributed by atoms with Crippen LogP contribution in [0, 0.1) is 6.92 Å². The molecule has 1 saturated heterocycles. The summed E-state index contributed by atoms with van der Waals surface area (Å²) in [6, 6.07) is 12.1. The van der Waals surface area contributed by atoms with Gasteiger partial charge in [0, 0.05) is 31.6 Å². The number of nitrogens with one attached hydrogen (secondary N) is 1. The lowest BCUT2D eigenvalue weighted by Gasteiger charge is -2.38. The van der Waals surface area contributed by atoms with Crippen LogP contribution in [-0.4, -0.2) is 77.9 Å². The van der Waals surface area contributed by atoms with Gasteiger partial charge < -0.3 is 33.7 Å². The van der Waals surface area contributed by atoms with Crippen molar-refractivity contribution >= 4 is 17.7 Å². The fraction of sp³-hybridized carbons (Fsp3) is 0.438. The minimum atomic E-state index is -0.504. The SMILES string of the molecule is CCCN1CC(=O)N[C@H]2CCN(C(=O)c3oc(CC)nc3C)C[C@@H]2OCc2cccc(c2)Oc2cc(ccc2OC)C1=O. The van der Waals surface area contributed by atoms with E-state index in [2.05, 4.69) is 10.3 Å². The Hall–Kier alpha value is -4.38. The van der Waals surface area contributed by atoms with Crippen LogP contribution in [-0.2, 0) is 22.6 Å². The summed E-state index contributed by atoms with van der Waals surface area (Å²) in [4.78, 5) is 47.9. The molecule has 1 aromatic heterocycles. The van der Waals surface area contributed by atoms with E-state index in [0.29, 0.717) is 66.7 Å². The first-order chi connectivity index (χ1) is 20.8. The lowest BCUT2D eigenvalue weighted by molar-refractivity contribution is -0.124. The molecule has 0 aliphatic carbocycles. The fourth-order valence-corrected chi connectivity index (χ4v) is 5.43. The number of rotatable bonds is 5. The van der Waals surface area contributed by atoms with Gasteiger partial charge in [0.25, 0.3) is 11.8 Å². The molecule has 0 radical (unpaired) electrons. The number of oxazole rings is 1. The van der Waals surface area contributed by atoms with E-state index in [1.807, 2.05) is 38.1 Å². The smallest absolute Gasteiger partial charge is 0.291 e. The van der Waals surface area contributed by atoms with E-state index in [0.717, 1.165) is 5.56 Å². The number of nitrogens with zero attached hydrogens (tertiary/aromatic N) is 3. The van der Waals surface area contributed by atoms with Crippen molar-refractivity contribution in [1.82, 2.24) is 20.1 Å². The maximum atomic E-state index is 13.6. The van der Waals surface area contributed by atoms with Crippen LogP contribution < -0.4 is 14.8 Å². The van der Waals surface area contributed by atoms with Crippen molar-refractivity contribution in [3.8, 4) is 17.2 Å². The highest BCUT2D eigenvalue weighted by molar-refractivity contribution is 5.97. The van der Waals surface area contributed by atoms with Crippen LogP contribution in [0.5, 0.6) is 17.2 Å². The van der Waals surface area contributed by atoms with Gasteiger partial charge in [-0.15, -0.1) is 0 Å². The van der Waals surface area contributed by atoms with Gasteiger partial charge in [0.15, 0.2) is 17.4 Å². The molecule has 43 heavy (non-hydrogen) atoms. The molecule has 5 rings (SSSR count). The van der Waals surface area contributed by atoms with Crippen molar-refractivity contribution < 1.29 is 33.0 Å². The summed E-state index contributed by atoms with van der Waals surface area (Å²) in [5, 5.41) is 3.09. The maximum Gasteiger partial charge on any atom is 0.291 e. The molecule has 3 aromatic rings. The first kappa shape index (κ1) is 30.1. The molecular formula is C32H38N4O7. The summed E-state index contributed by atoms with van der Waals surface area (Å²) in [7, 11) is 1.54. The Kier molecular flexibility index (Phi) is 9.30. The summed E-state index contributed by atoms with van der Waals surface area (Å²) < 4.78 is 23.8. The molecule has 228 valence electrons. The van der Waals surface area contributed by atoms with Gasteiger partial charge >= 0.3 is 0 Å². The number of fused-ring (bicyclic) bond motifs is 5. The van der Waals surface area contributed by atoms with E-state index in [4.69, 9.17) is 18.6 Å². The topological polar surface area (TPSA) is 123 Å². The molecule has 1 fully saturated rings. The monoisotopic (exact) mass is 590 g/mol. The number of piperidine rings is 1. The Morgan fingerprint density at radius 1 is 1.16 bits per heavy atom. The van der Waals surface area contributed by atoms with E-state index in [9.17, 15) is 14.4 Å². The Balaban J connectivity index is 1.45. The Labute approximate surface area is 251 Å². The van der Waals surface area contributed by atoms with Gasteiger partial charge in [-0.3, -0.25) is 14.4 Å². The first-order valence-electron chi connectivity index (χ1n) is 14.7. The average molecular weight is 591 g/mol. The summed E-state index contributed by atoms with van der Waals surface area (Å²) in [6.45, 7) is 6.81. The maximum absolute atomic E-state index is 13.6. The number of aryl methyl sites for hydroxylation is 2. The van der Waals surface area contributed by atoms with Gasteiger partial charge in [-0.2, -0.15) is 0 Å². The molecule has 2 atom stereocenters. The van der Waals surface area contributed by atoms with Crippen LogP contribution in [0.15, 0.2) is 46.9 Å². The molecule has 2 aliphatic rings. The lowest BCUT2D eigenvalue weighted by atomic mass is 10.0. The van der Waals surface area contributed by atoms with E-state index in [1.54, 1.807) is 30.0 Å². The van der Waals surface area contributed by atoms with Crippen molar-refractivity contribution in [3.05, 3.63) is 70.9 Å². The molecule has 4 bridgehead atoms. The number of carbonyl (C=O) groups excluding carboxylic acids is 3. The normalized spacial score (nSPS) is 19.3. The fourth-order valence-electron chi connectivity index (χ4n) is 5.43. The minimum absolute atomic E-state index is 0.114. The van der Waals surface area contributed by atoms with Gasteiger partial charge in [-0.1, -0.05) is 26.0 Å². The van der Waals surface area contributed by atoms with Gasteiger partial charge in [-0.25, -0.2) is 4.98 Å². The average Bonchev–Trinajstić information content (AvgIpc) is 3.39. The van der Waals surface area contributed by atoms with E-state index in [-0.39, 0.29) is 49.2 Å². The zero-order valence-electron chi connectivity index (χ0n) is 25.1. The lowest BCUT2D eigenvalue weighted by Crippen LogP contribution is -2.57. The minimum Gasteiger partial charge on any atom is -0.493 e. The third-order valence-corrected chi connectivity index (χ3v) is 7.65. The second-order valence-corrected chi connectivity index (χ2v) is 10.8. The highest BCUT2D eigenvalue weighted by Crippen LogP contribution is 2.33. The van der Waals surface area contributed by atoms with Crippen molar-refractivity contribution in [3.63, 3.8) is 0 Å². The molecule has 2 aliphatic heterocycles. The molecule has 0 spiro atoms. The van der Waals surface area contributed by atoms with Crippen molar-refractivity contribution in [2.75, 3.05) is 33.3 Å². The predicted molar refractivity (Wildman–Crippen MR) is 157 cm³/mol. The first-order valence-corrected chi connectivity index (χ1v) is 14.7. The third kappa shape index (κ3) is 6.83. The second-order valence-electron chi connectivity index (χ2n) is 10.8. The molecular weight excluding hydrogens is 552 g/mol. The standard InChI is InChI=1S/C32H38N4O7/c1-5-13-35-18-28(37)34-24-12-14-36(32(39)30-20(3)33-29(6-2)43-30)17-27(24)41-19-21-8-7-9-23(15-21)42-26-16-22(31(35)38)10-11-25(26)40-4/h7-11,15-16,24,27H,5-6,12-14,17-19H2,1-4H3,(H,34,37)/t24-,27-/m0/s1.